The average molecular weight is 975 g/mol. The first-order valence-electron chi connectivity index (χ1n) is 20.0. The molecule has 0 N–H and O–H groups in total. The summed E-state index contributed by atoms with van der Waals surface area (Å²) >= 11 is 0. The molecule has 3 aromatic heterocycles. The number of pyridine rings is 1. The molecule has 0 aliphatic carbocycles. The zero-order chi connectivity index (χ0) is 41.1. The fraction of sp³-hybridized carbons (Fsp3) is 0.135. The van der Waals surface area contributed by atoms with Crippen LogP contribution in [0.4, 0.5) is 17.1 Å². The molecule has 0 atom stereocenters. The third kappa shape index (κ3) is 7.39. The third-order valence-electron chi connectivity index (χ3n) is 11.0. The van der Waals surface area contributed by atoms with E-state index in [2.05, 4.69) is 160 Å². The molecule has 0 fully saturated rings. The zero-order valence-corrected chi connectivity index (χ0v) is 36.9. The van der Waals surface area contributed by atoms with Gasteiger partial charge in [-0.15, -0.1) is 23.6 Å². The summed E-state index contributed by atoms with van der Waals surface area (Å²) in [6.07, 6.45) is 1.88. The van der Waals surface area contributed by atoms with Gasteiger partial charge in [0.25, 0.3) is 11.4 Å². The Morgan fingerprint density at radius 3 is 1.98 bits per heavy atom. The number of hydrogen-bond donors (Lipinski definition) is 0. The SMILES string of the molecule is Cc1ccc(-c2nc(-c3ccc(C)cc3)nc(-c3cc4c5ccccc5n(-c5cc(C(C)(C)C)ccn5)c4[c-]c3Oc3[c-]c([N+]4=C=[N+](C)c5ccccc54)ccc3)n2)cc1.[Pt+2]. The van der Waals surface area contributed by atoms with Crippen LogP contribution in [-0.4, -0.2) is 42.1 Å². The molecule has 0 bridgehead atoms. The van der Waals surface area contributed by atoms with Crippen molar-refractivity contribution in [1.82, 2.24) is 29.1 Å². The van der Waals surface area contributed by atoms with Gasteiger partial charge >= 0.3 is 27.1 Å². The predicted molar refractivity (Wildman–Crippen MR) is 239 cm³/mol. The first-order chi connectivity index (χ1) is 29.1. The standard InChI is InChI=1S/C52H41N7O.Pt/c1-33-18-22-35(23-19-33)49-54-50(36-24-20-34(2)21-25-36)56-51(55-49)42-30-41-40-14-7-8-15-43(40)59(48-28-37(26-27-53-48)52(3,4)5)46(41)31-47(42)60-39-13-11-12-38(29-39)58-32-57(6)44-16-9-10-17-45(44)58;/h7-28,30H,1-6H3;/q;+2. The Morgan fingerprint density at radius 1 is 0.656 bits per heavy atom. The Morgan fingerprint density at radius 2 is 1.30 bits per heavy atom. The Bertz CT molecular complexity index is 3160. The minimum Gasteiger partial charge on any atom is -0.508 e. The summed E-state index contributed by atoms with van der Waals surface area (Å²) < 4.78 is 13.1. The number of aryl methyl sites for hydroxylation is 2. The van der Waals surface area contributed by atoms with Crippen LogP contribution in [0.2, 0.25) is 0 Å². The van der Waals surface area contributed by atoms with Crippen LogP contribution in [0.3, 0.4) is 0 Å². The summed E-state index contributed by atoms with van der Waals surface area (Å²) in [4.78, 5) is 20.3. The van der Waals surface area contributed by atoms with Gasteiger partial charge in [0.2, 0.25) is 0 Å². The van der Waals surface area contributed by atoms with Crippen molar-refractivity contribution < 1.29 is 30.4 Å². The van der Waals surface area contributed by atoms with Crippen molar-refractivity contribution in [2.75, 3.05) is 7.05 Å². The Balaban J connectivity index is 0.00000476. The molecule has 0 radical (unpaired) electrons. The number of hydrogen-bond acceptors (Lipinski definition) is 5. The number of benzene rings is 6. The van der Waals surface area contributed by atoms with E-state index in [0.717, 1.165) is 66.9 Å². The van der Waals surface area contributed by atoms with E-state index < -0.39 is 0 Å². The van der Waals surface area contributed by atoms with E-state index in [1.165, 1.54) is 5.56 Å². The Kier molecular flexibility index (Phi) is 10.1. The second kappa shape index (κ2) is 15.6. The number of fused-ring (bicyclic) bond motifs is 4. The van der Waals surface area contributed by atoms with E-state index in [1.54, 1.807) is 0 Å². The topological polar surface area (TPSA) is 71.7 Å². The molecule has 9 heteroatoms. The molecule has 1 aliphatic heterocycles. The van der Waals surface area contributed by atoms with Gasteiger partial charge in [-0.05, 0) is 54.0 Å². The van der Waals surface area contributed by atoms with Crippen molar-refractivity contribution in [1.29, 1.82) is 0 Å². The molecule has 1 aliphatic rings. The van der Waals surface area contributed by atoms with Gasteiger partial charge in [0.05, 0.1) is 0 Å². The van der Waals surface area contributed by atoms with E-state index in [1.807, 2.05) is 52.7 Å². The van der Waals surface area contributed by atoms with Crippen LogP contribution < -0.4 is 9.31 Å². The molecule has 298 valence electrons. The van der Waals surface area contributed by atoms with Crippen molar-refractivity contribution in [3.63, 3.8) is 0 Å². The van der Waals surface area contributed by atoms with E-state index in [9.17, 15) is 0 Å². The molecule has 0 spiro atoms. The number of aromatic nitrogens is 5. The van der Waals surface area contributed by atoms with Gasteiger partial charge in [0.15, 0.2) is 18.7 Å². The summed E-state index contributed by atoms with van der Waals surface area (Å²) in [5, 5.41) is 2.01. The first-order valence-corrected chi connectivity index (χ1v) is 20.0. The molecule has 8 nitrogen and oxygen atoms in total. The third-order valence-corrected chi connectivity index (χ3v) is 11.0. The van der Waals surface area contributed by atoms with Crippen molar-refractivity contribution >= 4 is 44.9 Å². The second-order valence-electron chi connectivity index (χ2n) is 16.3. The molecular formula is C52H41N7OPt+2. The van der Waals surface area contributed by atoms with Crippen LogP contribution in [0.5, 0.6) is 11.5 Å². The molecule has 0 saturated carbocycles. The molecular weight excluding hydrogens is 934 g/mol. The van der Waals surface area contributed by atoms with Gasteiger partial charge in [0.1, 0.15) is 17.3 Å². The summed E-state index contributed by atoms with van der Waals surface area (Å²) in [5.41, 5.74) is 10.5. The summed E-state index contributed by atoms with van der Waals surface area (Å²) in [6, 6.07) is 56.0. The minimum absolute atomic E-state index is 0. The van der Waals surface area contributed by atoms with Crippen LogP contribution in [0.25, 0.3) is 61.8 Å². The Labute approximate surface area is 369 Å². The maximum absolute atomic E-state index is 6.96. The quantitative estimate of drug-likeness (QED) is 0.118. The van der Waals surface area contributed by atoms with Gasteiger partial charge in [-0.1, -0.05) is 138 Å². The van der Waals surface area contributed by atoms with Crippen molar-refractivity contribution in [2.24, 2.45) is 0 Å². The fourth-order valence-electron chi connectivity index (χ4n) is 7.68. The van der Waals surface area contributed by atoms with Crippen LogP contribution >= 0.6 is 0 Å². The van der Waals surface area contributed by atoms with Gasteiger partial charge in [0, 0.05) is 46.5 Å². The molecule has 4 heterocycles. The van der Waals surface area contributed by atoms with E-state index in [-0.39, 0.29) is 26.5 Å². The molecule has 10 rings (SSSR count). The van der Waals surface area contributed by atoms with Gasteiger partial charge in [-0.2, -0.15) is 6.07 Å². The van der Waals surface area contributed by atoms with Gasteiger partial charge < -0.3 is 9.30 Å². The predicted octanol–water partition coefficient (Wildman–Crippen LogP) is 12.0. The molecule has 0 saturated heterocycles. The monoisotopic (exact) mass is 974 g/mol. The van der Waals surface area contributed by atoms with Crippen molar-refractivity contribution in [3.8, 4) is 51.5 Å². The normalized spacial score (nSPS) is 12.2. The maximum atomic E-state index is 6.96. The number of ether oxygens (including phenoxy) is 1. The smallest absolute Gasteiger partial charge is 0.508 e. The average Bonchev–Trinajstić information content (AvgIpc) is 3.77. The van der Waals surface area contributed by atoms with E-state index in [0.29, 0.717) is 34.5 Å². The molecule has 0 unspecified atom stereocenters. The number of nitrogens with zero attached hydrogens (tertiary/aromatic N) is 7. The van der Waals surface area contributed by atoms with Crippen LogP contribution in [0.1, 0.15) is 37.5 Å². The van der Waals surface area contributed by atoms with Crippen LogP contribution in [0, 0.1) is 26.0 Å². The van der Waals surface area contributed by atoms with Crippen molar-refractivity contribution in [3.05, 3.63) is 168 Å². The first kappa shape index (κ1) is 39.6. The molecule has 61 heavy (non-hydrogen) atoms. The minimum atomic E-state index is -0.0784. The molecule has 6 aromatic carbocycles. The summed E-state index contributed by atoms with van der Waals surface area (Å²) in [7, 11) is 1.99. The van der Waals surface area contributed by atoms with Gasteiger partial charge in [-0.25, -0.2) is 19.9 Å². The fourth-order valence-corrected chi connectivity index (χ4v) is 7.68. The Hall–Kier alpha value is -6.85. The van der Waals surface area contributed by atoms with Crippen molar-refractivity contribution in [2.45, 2.75) is 40.0 Å². The largest absolute Gasteiger partial charge is 2.00 e. The van der Waals surface area contributed by atoms with E-state index in [4.69, 9.17) is 24.7 Å². The summed E-state index contributed by atoms with van der Waals surface area (Å²) in [5.74, 6) is 3.31. The van der Waals surface area contributed by atoms with Crippen LogP contribution in [-0.2, 0) is 26.5 Å². The van der Waals surface area contributed by atoms with Crippen LogP contribution in [0.15, 0.2) is 140 Å². The molecule has 9 aromatic rings. The van der Waals surface area contributed by atoms with E-state index >= 15 is 0 Å². The van der Waals surface area contributed by atoms with Gasteiger partial charge in [-0.3, -0.25) is 0 Å². The number of para-hydroxylation sites is 3. The summed E-state index contributed by atoms with van der Waals surface area (Å²) in [6.45, 7) is 10.8. The zero-order valence-electron chi connectivity index (χ0n) is 34.6. The second-order valence-corrected chi connectivity index (χ2v) is 16.3. The number of rotatable bonds is 7. The maximum Gasteiger partial charge on any atom is 2.00 e. The molecule has 0 amide bonds.